The molecule has 0 fully saturated rings. The molecule has 1 aromatic rings. The molecule has 0 aromatic carbocycles. The van der Waals surface area contributed by atoms with E-state index in [0.29, 0.717) is 18.9 Å². The molecule has 1 heterocycles. The lowest BCUT2D eigenvalue weighted by Crippen LogP contribution is -2.22. The molecule has 0 bridgehead atoms. The normalized spacial score (nSPS) is 10.0. The Morgan fingerprint density at radius 1 is 1.69 bits per heavy atom. The third-order valence-electron chi connectivity index (χ3n) is 1.74. The molecule has 0 aliphatic rings. The van der Waals surface area contributed by atoms with Crippen molar-refractivity contribution >= 4 is 11.9 Å². The Morgan fingerprint density at radius 2 is 2.38 bits per heavy atom. The molecule has 0 atom stereocenters. The summed E-state index contributed by atoms with van der Waals surface area (Å²) in [5.74, 6) is 0.400. The van der Waals surface area contributed by atoms with Gasteiger partial charge in [0.1, 0.15) is 0 Å². The number of imidazole rings is 1. The lowest BCUT2D eigenvalue weighted by molar-refractivity contribution is -0.118. The third kappa shape index (κ3) is 2.77. The summed E-state index contributed by atoms with van der Waals surface area (Å²) >= 11 is 0. The number of anilines is 1. The van der Waals surface area contributed by atoms with E-state index in [0.717, 1.165) is 11.4 Å². The number of nitrogen functional groups attached to an aromatic ring is 1. The standard InChI is InChI=1S/C8H14N4O/c1-5-7(12-8(9)11-5)3-4-10-6(2)13/h3-4H2,1-2H3,(H,10,13)(H3,9,11,12). The largest absolute Gasteiger partial charge is 0.369 e. The Balaban J connectivity index is 2.45. The van der Waals surface area contributed by atoms with Crippen molar-refractivity contribution in [2.45, 2.75) is 20.3 Å². The fourth-order valence-corrected chi connectivity index (χ4v) is 1.12. The number of carbonyl (C=O) groups is 1. The van der Waals surface area contributed by atoms with E-state index in [1.165, 1.54) is 6.92 Å². The molecule has 0 radical (unpaired) electrons. The first-order valence-electron chi connectivity index (χ1n) is 4.15. The quantitative estimate of drug-likeness (QED) is 0.614. The van der Waals surface area contributed by atoms with Crippen molar-refractivity contribution < 1.29 is 4.79 Å². The van der Waals surface area contributed by atoms with Crippen LogP contribution in [0.25, 0.3) is 0 Å². The molecule has 72 valence electrons. The highest BCUT2D eigenvalue weighted by Gasteiger charge is 2.03. The minimum Gasteiger partial charge on any atom is -0.369 e. The fourth-order valence-electron chi connectivity index (χ4n) is 1.12. The molecule has 1 amide bonds. The van der Waals surface area contributed by atoms with Crippen LogP contribution in [0.4, 0.5) is 5.95 Å². The van der Waals surface area contributed by atoms with E-state index in [1.807, 2.05) is 6.92 Å². The van der Waals surface area contributed by atoms with Crippen LogP contribution in [-0.2, 0) is 11.2 Å². The monoisotopic (exact) mass is 182 g/mol. The highest BCUT2D eigenvalue weighted by molar-refractivity contribution is 5.72. The molecule has 0 aliphatic carbocycles. The topological polar surface area (TPSA) is 83.8 Å². The molecule has 4 N–H and O–H groups in total. The van der Waals surface area contributed by atoms with Crippen LogP contribution < -0.4 is 11.1 Å². The Morgan fingerprint density at radius 3 is 2.85 bits per heavy atom. The Kier molecular flexibility index (Phi) is 2.89. The summed E-state index contributed by atoms with van der Waals surface area (Å²) in [4.78, 5) is 17.5. The van der Waals surface area contributed by atoms with Crippen molar-refractivity contribution in [1.82, 2.24) is 15.3 Å². The minimum atomic E-state index is -0.0267. The molecular weight excluding hydrogens is 168 g/mol. The van der Waals surface area contributed by atoms with Crippen molar-refractivity contribution in [3.8, 4) is 0 Å². The van der Waals surface area contributed by atoms with E-state index in [2.05, 4.69) is 15.3 Å². The van der Waals surface area contributed by atoms with Crippen LogP contribution in [0, 0.1) is 6.92 Å². The summed E-state index contributed by atoms with van der Waals surface area (Å²) in [6, 6.07) is 0. The van der Waals surface area contributed by atoms with Gasteiger partial charge in [0.05, 0.1) is 5.69 Å². The van der Waals surface area contributed by atoms with Gasteiger partial charge >= 0.3 is 0 Å². The number of rotatable bonds is 3. The second-order valence-electron chi connectivity index (χ2n) is 2.93. The summed E-state index contributed by atoms with van der Waals surface area (Å²) < 4.78 is 0. The van der Waals surface area contributed by atoms with E-state index in [-0.39, 0.29) is 5.91 Å². The van der Waals surface area contributed by atoms with Crippen molar-refractivity contribution in [1.29, 1.82) is 0 Å². The van der Waals surface area contributed by atoms with Crippen LogP contribution in [0.15, 0.2) is 0 Å². The molecule has 0 aliphatic heterocycles. The fraction of sp³-hybridized carbons (Fsp3) is 0.500. The Labute approximate surface area is 76.7 Å². The molecule has 5 nitrogen and oxygen atoms in total. The summed E-state index contributed by atoms with van der Waals surface area (Å²) in [5.41, 5.74) is 7.33. The molecule has 0 spiro atoms. The van der Waals surface area contributed by atoms with Crippen LogP contribution >= 0.6 is 0 Å². The predicted molar refractivity (Wildman–Crippen MR) is 50.1 cm³/mol. The summed E-state index contributed by atoms with van der Waals surface area (Å²) in [7, 11) is 0. The zero-order valence-electron chi connectivity index (χ0n) is 7.85. The first kappa shape index (κ1) is 9.57. The number of aromatic amines is 1. The van der Waals surface area contributed by atoms with E-state index < -0.39 is 0 Å². The van der Waals surface area contributed by atoms with Gasteiger partial charge in [-0.3, -0.25) is 4.79 Å². The zero-order valence-corrected chi connectivity index (χ0v) is 7.85. The van der Waals surface area contributed by atoms with Crippen molar-refractivity contribution in [3.63, 3.8) is 0 Å². The van der Waals surface area contributed by atoms with Gasteiger partial charge in [0.25, 0.3) is 0 Å². The van der Waals surface area contributed by atoms with Crippen LogP contribution in [0.2, 0.25) is 0 Å². The van der Waals surface area contributed by atoms with Crippen LogP contribution in [0.1, 0.15) is 18.3 Å². The van der Waals surface area contributed by atoms with E-state index in [9.17, 15) is 4.79 Å². The van der Waals surface area contributed by atoms with Gasteiger partial charge in [-0.1, -0.05) is 0 Å². The molecule has 1 rings (SSSR count). The van der Waals surface area contributed by atoms with Gasteiger partial charge < -0.3 is 16.0 Å². The lowest BCUT2D eigenvalue weighted by atomic mass is 10.2. The number of aromatic nitrogens is 2. The van der Waals surface area contributed by atoms with Gasteiger partial charge in [0.2, 0.25) is 5.91 Å². The molecule has 5 heteroatoms. The van der Waals surface area contributed by atoms with Crippen LogP contribution in [-0.4, -0.2) is 22.4 Å². The maximum absolute atomic E-state index is 10.6. The van der Waals surface area contributed by atoms with E-state index >= 15 is 0 Å². The SMILES string of the molecule is CC(=O)NCCc1nc(N)[nH]c1C. The van der Waals surface area contributed by atoms with Gasteiger partial charge in [-0.15, -0.1) is 0 Å². The van der Waals surface area contributed by atoms with Gasteiger partial charge in [-0.05, 0) is 6.92 Å². The summed E-state index contributed by atoms with van der Waals surface area (Å²) in [5, 5.41) is 2.70. The smallest absolute Gasteiger partial charge is 0.216 e. The van der Waals surface area contributed by atoms with Crippen molar-refractivity contribution in [2.75, 3.05) is 12.3 Å². The summed E-state index contributed by atoms with van der Waals surface area (Å²) in [6.07, 6.45) is 0.707. The second-order valence-corrected chi connectivity index (χ2v) is 2.93. The number of aryl methyl sites for hydroxylation is 1. The highest BCUT2D eigenvalue weighted by Crippen LogP contribution is 2.05. The number of nitrogens with zero attached hydrogens (tertiary/aromatic N) is 1. The van der Waals surface area contributed by atoms with Crippen LogP contribution in [0.3, 0.4) is 0 Å². The average molecular weight is 182 g/mol. The first-order valence-corrected chi connectivity index (χ1v) is 4.15. The van der Waals surface area contributed by atoms with Gasteiger partial charge in [0.15, 0.2) is 5.95 Å². The van der Waals surface area contributed by atoms with E-state index in [4.69, 9.17) is 5.73 Å². The molecule has 0 saturated heterocycles. The summed E-state index contributed by atoms with van der Waals surface area (Å²) in [6.45, 7) is 4.00. The Bertz CT molecular complexity index is 305. The second kappa shape index (κ2) is 3.93. The number of H-pyrrole nitrogens is 1. The number of nitrogens with one attached hydrogen (secondary N) is 2. The van der Waals surface area contributed by atoms with Gasteiger partial charge in [0, 0.05) is 25.6 Å². The lowest BCUT2D eigenvalue weighted by Gasteiger charge is -1.99. The third-order valence-corrected chi connectivity index (χ3v) is 1.74. The van der Waals surface area contributed by atoms with Gasteiger partial charge in [-0.25, -0.2) is 4.98 Å². The number of hydrogen-bond donors (Lipinski definition) is 3. The molecular formula is C8H14N4O. The van der Waals surface area contributed by atoms with Gasteiger partial charge in [-0.2, -0.15) is 0 Å². The molecule has 0 saturated carbocycles. The highest BCUT2D eigenvalue weighted by atomic mass is 16.1. The maximum Gasteiger partial charge on any atom is 0.216 e. The number of nitrogens with two attached hydrogens (primary N) is 1. The maximum atomic E-state index is 10.6. The molecule has 13 heavy (non-hydrogen) atoms. The van der Waals surface area contributed by atoms with Crippen LogP contribution in [0.5, 0.6) is 0 Å². The van der Waals surface area contributed by atoms with Crippen molar-refractivity contribution in [2.24, 2.45) is 0 Å². The zero-order chi connectivity index (χ0) is 9.84. The number of hydrogen-bond acceptors (Lipinski definition) is 3. The Hall–Kier alpha value is -1.52. The first-order chi connectivity index (χ1) is 6.09. The number of carbonyl (C=O) groups excluding carboxylic acids is 1. The average Bonchev–Trinajstić information content (AvgIpc) is 2.29. The molecule has 1 aromatic heterocycles. The van der Waals surface area contributed by atoms with Crippen molar-refractivity contribution in [3.05, 3.63) is 11.4 Å². The minimum absolute atomic E-state index is 0.0267. The molecule has 0 unspecified atom stereocenters. The predicted octanol–water partition coefficient (Wildman–Crippen LogP) is -0.0211. The van der Waals surface area contributed by atoms with E-state index in [1.54, 1.807) is 0 Å². The number of amides is 1.